The van der Waals surface area contributed by atoms with Gasteiger partial charge in [-0.2, -0.15) is 0 Å². The number of benzene rings is 2. The van der Waals surface area contributed by atoms with Crippen molar-refractivity contribution in [2.45, 2.75) is 39.7 Å². The van der Waals surface area contributed by atoms with Crippen LogP contribution in [0.3, 0.4) is 0 Å². The van der Waals surface area contributed by atoms with Crippen molar-refractivity contribution in [3.63, 3.8) is 0 Å². The number of aromatic nitrogens is 2. The van der Waals surface area contributed by atoms with Crippen LogP contribution in [0.4, 0.5) is 5.82 Å². The molecule has 0 amide bonds. The fourth-order valence-electron chi connectivity index (χ4n) is 3.56. The summed E-state index contributed by atoms with van der Waals surface area (Å²) in [7, 11) is 0. The highest BCUT2D eigenvalue weighted by molar-refractivity contribution is 6.42. The first-order valence-electron chi connectivity index (χ1n) is 11.0. The highest BCUT2D eigenvalue weighted by atomic mass is 35.5. The Bertz CT molecular complexity index is 1090. The second-order valence-corrected chi connectivity index (χ2v) is 9.06. The van der Waals surface area contributed by atoms with Crippen LogP contribution in [0.25, 0.3) is 23.1 Å². The van der Waals surface area contributed by atoms with Crippen LogP contribution in [-0.2, 0) is 0 Å². The lowest BCUT2D eigenvalue weighted by Gasteiger charge is -2.20. The minimum absolute atomic E-state index is 0. The lowest BCUT2D eigenvalue weighted by Crippen LogP contribution is -2.25. The van der Waals surface area contributed by atoms with Gasteiger partial charge in [0.15, 0.2) is 5.82 Å². The van der Waals surface area contributed by atoms with Gasteiger partial charge in [0, 0.05) is 16.5 Å². The topological polar surface area (TPSA) is 41.0 Å². The maximum absolute atomic E-state index is 6.23. The Labute approximate surface area is 229 Å². The zero-order chi connectivity index (χ0) is 23.1. The minimum Gasteiger partial charge on any atom is -0.367 e. The molecule has 1 N–H and O–H groups in total. The van der Waals surface area contributed by atoms with Gasteiger partial charge in [-0.3, -0.25) is 0 Å². The van der Waals surface area contributed by atoms with Crippen LogP contribution >= 0.6 is 59.6 Å². The molecule has 0 saturated carbocycles. The Morgan fingerprint density at radius 3 is 2.35 bits per heavy atom. The van der Waals surface area contributed by atoms with Gasteiger partial charge in [0.2, 0.25) is 0 Å². The van der Waals surface area contributed by atoms with E-state index in [1.54, 1.807) is 6.07 Å². The average Bonchev–Trinajstić information content (AvgIpc) is 2.77. The molecule has 9 heteroatoms. The Kier molecular flexibility index (Phi) is 13.5. The van der Waals surface area contributed by atoms with E-state index in [2.05, 4.69) is 36.0 Å². The molecule has 1 unspecified atom stereocenters. The van der Waals surface area contributed by atoms with Gasteiger partial charge in [0.05, 0.1) is 15.6 Å². The molecule has 0 aliphatic carbocycles. The fraction of sp³-hybridized carbons (Fsp3) is 0.360. The predicted molar refractivity (Wildman–Crippen MR) is 155 cm³/mol. The van der Waals surface area contributed by atoms with Crippen molar-refractivity contribution in [3.8, 4) is 0 Å². The van der Waals surface area contributed by atoms with Crippen LogP contribution in [0.1, 0.15) is 45.0 Å². The van der Waals surface area contributed by atoms with E-state index in [4.69, 9.17) is 39.8 Å². The van der Waals surface area contributed by atoms with Gasteiger partial charge < -0.3 is 10.2 Å². The summed E-state index contributed by atoms with van der Waals surface area (Å²) < 4.78 is 0. The Morgan fingerprint density at radius 2 is 1.68 bits per heavy atom. The summed E-state index contributed by atoms with van der Waals surface area (Å²) in [5.41, 5.74) is 1.73. The van der Waals surface area contributed by atoms with Gasteiger partial charge in [0.1, 0.15) is 5.82 Å². The highest BCUT2D eigenvalue weighted by Crippen LogP contribution is 2.26. The predicted octanol–water partition coefficient (Wildman–Crippen LogP) is 8.53. The summed E-state index contributed by atoms with van der Waals surface area (Å²) in [6, 6.07) is 11.5. The molecule has 3 rings (SSSR count). The monoisotopic (exact) mass is 562 g/mol. The quantitative estimate of drug-likeness (QED) is 0.268. The fourth-order valence-corrected chi connectivity index (χ4v) is 4.03. The molecule has 0 aliphatic heterocycles. The van der Waals surface area contributed by atoms with Crippen molar-refractivity contribution in [3.05, 3.63) is 62.9 Å². The molecular formula is C25H31Cl5N4. The number of hydrogen-bond donors (Lipinski definition) is 1. The van der Waals surface area contributed by atoms with Gasteiger partial charge in [-0.15, -0.1) is 24.8 Å². The standard InChI is InChI=1S/C25H29Cl3N4.2ClH/c1-4-32(5-2)14-6-7-17(3)29-25-20-11-10-19(26)16-23(20)30-24(31-25)13-9-18-8-12-21(27)22(28)15-18;;/h8-13,15-17H,4-7,14H2,1-3H3,(H,29,30,31);2*1H/b13-9+;;. The van der Waals surface area contributed by atoms with Crippen molar-refractivity contribution in [1.82, 2.24) is 14.9 Å². The molecule has 0 aliphatic rings. The third kappa shape index (κ3) is 8.75. The third-order valence-corrected chi connectivity index (χ3v) is 6.41. The molecule has 1 heterocycles. The summed E-state index contributed by atoms with van der Waals surface area (Å²) in [6.07, 6.45) is 5.99. The van der Waals surface area contributed by atoms with Crippen LogP contribution < -0.4 is 5.32 Å². The maximum Gasteiger partial charge on any atom is 0.154 e. The maximum atomic E-state index is 6.23. The average molecular weight is 565 g/mol. The first-order chi connectivity index (χ1) is 15.4. The van der Waals surface area contributed by atoms with Crippen LogP contribution in [0, 0.1) is 0 Å². The second kappa shape index (κ2) is 15.0. The minimum atomic E-state index is 0. The molecule has 1 aromatic heterocycles. The van der Waals surface area contributed by atoms with Gasteiger partial charge in [-0.1, -0.05) is 60.8 Å². The molecule has 0 spiro atoms. The molecule has 1 atom stereocenters. The van der Waals surface area contributed by atoms with E-state index in [0.717, 1.165) is 54.8 Å². The summed E-state index contributed by atoms with van der Waals surface area (Å²) in [4.78, 5) is 11.9. The third-order valence-electron chi connectivity index (χ3n) is 5.43. The van der Waals surface area contributed by atoms with E-state index in [-0.39, 0.29) is 30.9 Å². The van der Waals surface area contributed by atoms with Gasteiger partial charge in [-0.25, -0.2) is 9.97 Å². The lowest BCUT2D eigenvalue weighted by molar-refractivity contribution is 0.295. The van der Waals surface area contributed by atoms with Crippen molar-refractivity contribution in [2.75, 3.05) is 25.0 Å². The number of nitrogens with zero attached hydrogens (tertiary/aromatic N) is 3. The summed E-state index contributed by atoms with van der Waals surface area (Å²) in [5, 5.41) is 6.23. The molecule has 0 radical (unpaired) electrons. The van der Waals surface area contributed by atoms with Crippen LogP contribution in [-0.4, -0.2) is 40.5 Å². The summed E-state index contributed by atoms with van der Waals surface area (Å²) >= 11 is 18.4. The number of nitrogens with one attached hydrogen (secondary N) is 1. The molecule has 0 fully saturated rings. The second-order valence-electron chi connectivity index (χ2n) is 7.81. The van der Waals surface area contributed by atoms with E-state index in [1.807, 2.05) is 42.5 Å². The highest BCUT2D eigenvalue weighted by Gasteiger charge is 2.11. The van der Waals surface area contributed by atoms with E-state index >= 15 is 0 Å². The Morgan fingerprint density at radius 1 is 0.941 bits per heavy atom. The normalized spacial score (nSPS) is 12.0. The van der Waals surface area contributed by atoms with Crippen molar-refractivity contribution in [1.29, 1.82) is 0 Å². The lowest BCUT2D eigenvalue weighted by atomic mass is 10.1. The number of fused-ring (bicyclic) bond motifs is 1. The molecular weight excluding hydrogens is 534 g/mol. The summed E-state index contributed by atoms with van der Waals surface area (Å²) in [6.45, 7) is 9.88. The first-order valence-corrected chi connectivity index (χ1v) is 12.1. The van der Waals surface area contributed by atoms with Crippen LogP contribution in [0.2, 0.25) is 15.1 Å². The number of rotatable bonds is 10. The van der Waals surface area contributed by atoms with Gasteiger partial charge in [0.25, 0.3) is 0 Å². The van der Waals surface area contributed by atoms with E-state index in [1.165, 1.54) is 0 Å². The van der Waals surface area contributed by atoms with Gasteiger partial charge in [-0.05, 0) is 81.4 Å². The van der Waals surface area contributed by atoms with Crippen molar-refractivity contribution in [2.24, 2.45) is 0 Å². The van der Waals surface area contributed by atoms with Gasteiger partial charge >= 0.3 is 0 Å². The molecule has 34 heavy (non-hydrogen) atoms. The summed E-state index contributed by atoms with van der Waals surface area (Å²) in [5.74, 6) is 1.42. The van der Waals surface area contributed by atoms with E-state index in [0.29, 0.717) is 20.9 Å². The zero-order valence-electron chi connectivity index (χ0n) is 19.5. The number of hydrogen-bond acceptors (Lipinski definition) is 4. The van der Waals surface area contributed by atoms with E-state index in [9.17, 15) is 0 Å². The molecule has 0 bridgehead atoms. The van der Waals surface area contributed by atoms with Crippen LogP contribution in [0.15, 0.2) is 36.4 Å². The van der Waals surface area contributed by atoms with Crippen molar-refractivity contribution >= 4 is 88.5 Å². The molecule has 3 aromatic rings. The molecule has 4 nitrogen and oxygen atoms in total. The van der Waals surface area contributed by atoms with Crippen molar-refractivity contribution < 1.29 is 0 Å². The Hall–Kier alpha value is -1.27. The first kappa shape index (κ1) is 30.8. The Balaban J connectivity index is 0.00000289. The zero-order valence-corrected chi connectivity index (χ0v) is 23.4. The SMILES string of the molecule is CCN(CC)CCCC(C)Nc1nc(/C=C/c2ccc(Cl)c(Cl)c2)nc2cc(Cl)ccc12.Cl.Cl. The van der Waals surface area contributed by atoms with E-state index < -0.39 is 0 Å². The smallest absolute Gasteiger partial charge is 0.154 e. The molecule has 186 valence electrons. The van der Waals surface area contributed by atoms with Crippen LogP contribution in [0.5, 0.6) is 0 Å². The molecule has 2 aromatic carbocycles. The number of halogens is 5. The molecule has 0 saturated heterocycles. The number of anilines is 1. The largest absolute Gasteiger partial charge is 0.367 e.